The quantitative estimate of drug-likeness (QED) is 0.529. The van der Waals surface area contributed by atoms with Crippen LogP contribution in [0.5, 0.6) is 0 Å². The average Bonchev–Trinajstić information content (AvgIpc) is 2.33. The summed E-state index contributed by atoms with van der Waals surface area (Å²) in [6.07, 6.45) is 5.58. The van der Waals surface area contributed by atoms with Crippen LogP contribution in [0.4, 0.5) is 0 Å². The van der Waals surface area contributed by atoms with E-state index in [1.807, 2.05) is 18.2 Å². The van der Waals surface area contributed by atoms with Crippen molar-refractivity contribution in [2.75, 3.05) is 0 Å². The molecule has 0 saturated carbocycles. The fraction of sp³-hybridized carbons (Fsp3) is 0.500. The Hall–Kier alpha value is -0.591. The molecule has 1 rings (SSSR count). The van der Waals surface area contributed by atoms with Crippen LogP contribution in [0.2, 0.25) is 5.32 Å². The molecular formula is C14H20OSe. The average molecular weight is 283 g/mol. The summed E-state index contributed by atoms with van der Waals surface area (Å²) in [5, 5.41) is 0.767. The van der Waals surface area contributed by atoms with E-state index < -0.39 is 0 Å². The molecule has 0 radical (unpaired) electrons. The summed E-state index contributed by atoms with van der Waals surface area (Å²) >= 11 is 0.336. The van der Waals surface area contributed by atoms with E-state index in [1.165, 1.54) is 23.7 Å². The first kappa shape index (κ1) is 13.5. The van der Waals surface area contributed by atoms with Crippen LogP contribution in [-0.4, -0.2) is 20.7 Å². The number of ketones is 1. The molecule has 1 aromatic carbocycles. The molecule has 0 amide bonds. The number of hydrogen-bond acceptors (Lipinski definition) is 1. The van der Waals surface area contributed by atoms with Gasteiger partial charge in [0, 0.05) is 0 Å². The predicted octanol–water partition coefficient (Wildman–Crippen LogP) is 2.97. The van der Waals surface area contributed by atoms with Crippen molar-refractivity contribution < 1.29 is 4.79 Å². The summed E-state index contributed by atoms with van der Waals surface area (Å²) in [7, 11) is 0. The standard InChI is InChI=1S/C14H20OSe/c1-2-3-4-6-9-13(15)12-16-14-10-7-5-8-11-14/h5,7-8,10-11H,2-4,6,9,12H2,1H3. The molecule has 0 N–H and O–H groups in total. The van der Waals surface area contributed by atoms with Crippen molar-refractivity contribution in [3.63, 3.8) is 0 Å². The van der Waals surface area contributed by atoms with Crippen LogP contribution in [-0.2, 0) is 4.79 Å². The minimum absolute atomic E-state index is 0.336. The van der Waals surface area contributed by atoms with Gasteiger partial charge in [0.15, 0.2) is 0 Å². The van der Waals surface area contributed by atoms with Crippen LogP contribution in [0.3, 0.4) is 0 Å². The molecule has 0 unspecified atom stereocenters. The number of carbonyl (C=O) groups excluding carboxylic acids is 1. The molecule has 1 nitrogen and oxygen atoms in total. The van der Waals surface area contributed by atoms with Crippen molar-refractivity contribution in [3.8, 4) is 0 Å². The Balaban J connectivity index is 2.11. The van der Waals surface area contributed by atoms with Crippen LogP contribution >= 0.6 is 0 Å². The molecule has 0 atom stereocenters. The van der Waals surface area contributed by atoms with Crippen LogP contribution in [0.1, 0.15) is 39.0 Å². The summed E-state index contributed by atoms with van der Waals surface area (Å²) < 4.78 is 1.33. The van der Waals surface area contributed by atoms with E-state index in [-0.39, 0.29) is 0 Å². The molecule has 88 valence electrons. The van der Waals surface area contributed by atoms with Crippen LogP contribution in [0.25, 0.3) is 0 Å². The SMILES string of the molecule is CCCCCCC(=O)C[Se]c1ccccc1. The predicted molar refractivity (Wildman–Crippen MR) is 70.4 cm³/mol. The number of benzene rings is 1. The summed E-state index contributed by atoms with van der Waals surface area (Å²) in [6, 6.07) is 10.3. The van der Waals surface area contributed by atoms with Gasteiger partial charge in [0.05, 0.1) is 0 Å². The zero-order chi connectivity index (χ0) is 11.6. The van der Waals surface area contributed by atoms with Gasteiger partial charge >= 0.3 is 105 Å². The van der Waals surface area contributed by atoms with Crippen LogP contribution in [0.15, 0.2) is 30.3 Å². The van der Waals surface area contributed by atoms with E-state index in [2.05, 4.69) is 19.1 Å². The third kappa shape index (κ3) is 6.09. The van der Waals surface area contributed by atoms with Gasteiger partial charge < -0.3 is 0 Å². The maximum absolute atomic E-state index is 11.6. The molecular weight excluding hydrogens is 263 g/mol. The van der Waals surface area contributed by atoms with Crippen LogP contribution < -0.4 is 4.46 Å². The molecule has 16 heavy (non-hydrogen) atoms. The number of hydrogen-bond donors (Lipinski definition) is 0. The van der Waals surface area contributed by atoms with Gasteiger partial charge in [-0.15, -0.1) is 0 Å². The second-order valence-corrected chi connectivity index (χ2v) is 6.15. The van der Waals surface area contributed by atoms with Crippen molar-refractivity contribution in [2.45, 2.75) is 44.3 Å². The zero-order valence-electron chi connectivity index (χ0n) is 9.95. The Morgan fingerprint density at radius 1 is 1.12 bits per heavy atom. The van der Waals surface area contributed by atoms with Gasteiger partial charge in [0.1, 0.15) is 0 Å². The summed E-state index contributed by atoms with van der Waals surface area (Å²) in [4.78, 5) is 11.6. The van der Waals surface area contributed by atoms with Crippen LogP contribution in [0, 0.1) is 0 Å². The first-order valence-electron chi connectivity index (χ1n) is 6.02. The van der Waals surface area contributed by atoms with Gasteiger partial charge in [0.25, 0.3) is 0 Å². The van der Waals surface area contributed by atoms with Gasteiger partial charge in [-0.25, -0.2) is 0 Å². The summed E-state index contributed by atoms with van der Waals surface area (Å²) in [6.45, 7) is 2.19. The van der Waals surface area contributed by atoms with Crippen molar-refractivity contribution in [1.82, 2.24) is 0 Å². The Morgan fingerprint density at radius 2 is 1.88 bits per heavy atom. The van der Waals surface area contributed by atoms with E-state index in [1.54, 1.807) is 0 Å². The van der Waals surface area contributed by atoms with Gasteiger partial charge in [0.2, 0.25) is 0 Å². The molecule has 0 aromatic heterocycles. The van der Waals surface area contributed by atoms with Gasteiger partial charge in [-0.2, -0.15) is 0 Å². The van der Waals surface area contributed by atoms with Crippen molar-refractivity contribution >= 4 is 25.2 Å². The molecule has 0 aliphatic heterocycles. The number of carbonyl (C=O) groups is 1. The van der Waals surface area contributed by atoms with Gasteiger partial charge in [-0.3, -0.25) is 0 Å². The topological polar surface area (TPSA) is 17.1 Å². The maximum atomic E-state index is 11.6. The first-order chi connectivity index (χ1) is 7.83. The first-order valence-corrected chi connectivity index (χ1v) is 8.09. The fourth-order valence-electron chi connectivity index (χ4n) is 1.50. The second kappa shape index (κ2) is 8.55. The molecule has 0 heterocycles. The van der Waals surface area contributed by atoms with Crippen molar-refractivity contribution in [1.29, 1.82) is 0 Å². The van der Waals surface area contributed by atoms with E-state index in [0.29, 0.717) is 20.7 Å². The minimum atomic E-state index is 0.336. The number of unbranched alkanes of at least 4 members (excludes halogenated alkanes) is 3. The molecule has 1 aromatic rings. The molecule has 0 saturated heterocycles. The monoisotopic (exact) mass is 284 g/mol. The zero-order valence-corrected chi connectivity index (χ0v) is 11.7. The van der Waals surface area contributed by atoms with Gasteiger partial charge in [-0.1, -0.05) is 0 Å². The van der Waals surface area contributed by atoms with E-state index in [4.69, 9.17) is 0 Å². The molecule has 0 fully saturated rings. The van der Waals surface area contributed by atoms with E-state index >= 15 is 0 Å². The Bertz CT molecular complexity index is 295. The van der Waals surface area contributed by atoms with E-state index in [9.17, 15) is 4.79 Å². The Labute approximate surface area is 105 Å². The molecule has 0 aliphatic rings. The third-order valence-corrected chi connectivity index (χ3v) is 4.70. The molecule has 0 aliphatic carbocycles. The Kier molecular flexibility index (Phi) is 7.20. The van der Waals surface area contributed by atoms with Crippen molar-refractivity contribution in [2.24, 2.45) is 0 Å². The van der Waals surface area contributed by atoms with E-state index in [0.717, 1.165) is 18.2 Å². The molecule has 2 heteroatoms. The van der Waals surface area contributed by atoms with Crippen molar-refractivity contribution in [3.05, 3.63) is 30.3 Å². The normalized spacial score (nSPS) is 10.3. The second-order valence-electron chi connectivity index (χ2n) is 3.95. The fourth-order valence-corrected chi connectivity index (χ4v) is 3.23. The summed E-state index contributed by atoms with van der Waals surface area (Å²) in [5.74, 6) is 0.444. The summed E-state index contributed by atoms with van der Waals surface area (Å²) in [5.41, 5.74) is 0. The van der Waals surface area contributed by atoms with Gasteiger partial charge in [-0.05, 0) is 0 Å². The Morgan fingerprint density at radius 3 is 2.56 bits per heavy atom. The molecule has 0 spiro atoms. The third-order valence-electron chi connectivity index (χ3n) is 2.45. The number of rotatable bonds is 8. The number of Topliss-reactive ketones (excluding diaryl/α,β-unsaturated/α-hetero) is 1. The molecule has 0 bridgehead atoms.